The summed E-state index contributed by atoms with van der Waals surface area (Å²) in [5.41, 5.74) is 1.54. The summed E-state index contributed by atoms with van der Waals surface area (Å²) in [5.74, 6) is 0.273. The molecule has 0 aromatic heterocycles. The number of benzene rings is 3. The first-order valence-electron chi connectivity index (χ1n) is 10.2. The minimum atomic E-state index is -0.532. The van der Waals surface area contributed by atoms with Crippen molar-refractivity contribution >= 4 is 33.6 Å². The molecule has 0 saturated carbocycles. The number of nitrogens with one attached hydrogen (secondary N) is 1. The van der Waals surface area contributed by atoms with E-state index < -0.39 is 5.91 Å². The lowest BCUT2D eigenvalue weighted by atomic mass is 10.1. The van der Waals surface area contributed by atoms with E-state index in [1.165, 1.54) is 12.1 Å². The van der Waals surface area contributed by atoms with Gasteiger partial charge >= 0.3 is 0 Å². The van der Waals surface area contributed by atoms with Crippen LogP contribution in [0.5, 0.6) is 11.5 Å². The molecule has 1 N–H and O–H groups in total. The fourth-order valence-corrected chi connectivity index (χ4v) is 3.44. The van der Waals surface area contributed by atoms with Crippen molar-refractivity contribution in [2.75, 3.05) is 5.32 Å². The Balaban J connectivity index is 1.70. The van der Waals surface area contributed by atoms with Crippen LogP contribution in [0.4, 0.5) is 10.1 Å². The van der Waals surface area contributed by atoms with Crippen molar-refractivity contribution in [1.29, 1.82) is 5.26 Å². The van der Waals surface area contributed by atoms with Crippen molar-refractivity contribution in [3.63, 3.8) is 0 Å². The molecule has 1 amide bonds. The van der Waals surface area contributed by atoms with Crippen LogP contribution in [0.25, 0.3) is 6.08 Å². The van der Waals surface area contributed by atoms with Crippen LogP contribution in [-0.4, -0.2) is 12.0 Å². The van der Waals surface area contributed by atoms with Crippen LogP contribution in [0.3, 0.4) is 0 Å². The Hall–Kier alpha value is -3.63. The molecule has 5 nitrogen and oxygen atoms in total. The van der Waals surface area contributed by atoms with Gasteiger partial charge in [0.15, 0.2) is 0 Å². The number of nitriles is 1. The molecule has 3 rings (SSSR count). The van der Waals surface area contributed by atoms with Gasteiger partial charge in [-0.05, 0) is 71.7 Å². The summed E-state index contributed by atoms with van der Waals surface area (Å²) in [7, 11) is 0. The normalized spacial score (nSPS) is 11.1. The third kappa shape index (κ3) is 6.93. The van der Waals surface area contributed by atoms with E-state index in [0.717, 1.165) is 0 Å². The fraction of sp³-hybridized carbons (Fsp3) is 0.154. The van der Waals surface area contributed by atoms with Crippen LogP contribution >= 0.6 is 15.9 Å². The fourth-order valence-electron chi connectivity index (χ4n) is 2.93. The zero-order valence-electron chi connectivity index (χ0n) is 18.1. The second kappa shape index (κ2) is 11.3. The first kappa shape index (κ1) is 24.0. The van der Waals surface area contributed by atoms with Crippen LogP contribution in [0.15, 0.2) is 76.8 Å². The molecule has 0 aliphatic rings. The van der Waals surface area contributed by atoms with Gasteiger partial charge in [-0.15, -0.1) is 0 Å². The van der Waals surface area contributed by atoms with Gasteiger partial charge in [0.05, 0.1) is 10.6 Å². The van der Waals surface area contributed by atoms with Gasteiger partial charge < -0.3 is 14.8 Å². The highest BCUT2D eigenvalue weighted by molar-refractivity contribution is 9.10. The summed E-state index contributed by atoms with van der Waals surface area (Å²) < 4.78 is 25.7. The number of hydrogen-bond acceptors (Lipinski definition) is 4. The average Bonchev–Trinajstić information content (AvgIpc) is 2.77. The number of halogens is 2. The highest BCUT2D eigenvalue weighted by Crippen LogP contribution is 2.28. The number of rotatable bonds is 8. The summed E-state index contributed by atoms with van der Waals surface area (Å²) in [6.07, 6.45) is 1.48. The molecule has 3 aromatic rings. The molecule has 0 heterocycles. The third-order valence-corrected chi connectivity index (χ3v) is 5.06. The SMILES string of the molecule is CC(C)Oc1cccc(NC(=O)/C(C#N)=C\c2ccc(OCc3ccccc3F)c(Br)c2)c1. The van der Waals surface area contributed by atoms with Gasteiger partial charge in [0.25, 0.3) is 5.91 Å². The molecule has 168 valence electrons. The molecule has 0 unspecified atom stereocenters. The molecule has 33 heavy (non-hydrogen) atoms. The van der Waals surface area contributed by atoms with Gasteiger partial charge in [-0.1, -0.05) is 30.3 Å². The lowest BCUT2D eigenvalue weighted by molar-refractivity contribution is -0.112. The Morgan fingerprint density at radius 1 is 1.15 bits per heavy atom. The van der Waals surface area contributed by atoms with Crippen molar-refractivity contribution in [1.82, 2.24) is 0 Å². The molecule has 0 aliphatic carbocycles. The van der Waals surface area contributed by atoms with Gasteiger partial charge in [-0.3, -0.25) is 4.79 Å². The van der Waals surface area contributed by atoms with Gasteiger partial charge in [-0.2, -0.15) is 5.26 Å². The van der Waals surface area contributed by atoms with E-state index in [9.17, 15) is 14.4 Å². The van der Waals surface area contributed by atoms with Gasteiger partial charge in [-0.25, -0.2) is 4.39 Å². The maximum Gasteiger partial charge on any atom is 0.266 e. The Labute approximate surface area is 200 Å². The Morgan fingerprint density at radius 2 is 1.94 bits per heavy atom. The maximum atomic E-state index is 13.8. The van der Waals surface area contributed by atoms with E-state index in [0.29, 0.717) is 32.8 Å². The van der Waals surface area contributed by atoms with E-state index in [-0.39, 0.29) is 24.1 Å². The topological polar surface area (TPSA) is 71.3 Å². The summed E-state index contributed by atoms with van der Waals surface area (Å²) in [6, 6.07) is 20.4. The van der Waals surface area contributed by atoms with E-state index >= 15 is 0 Å². The summed E-state index contributed by atoms with van der Waals surface area (Å²) in [5, 5.41) is 12.2. The van der Waals surface area contributed by atoms with Crippen molar-refractivity contribution in [2.45, 2.75) is 26.6 Å². The molecule has 0 spiro atoms. The summed E-state index contributed by atoms with van der Waals surface area (Å²) >= 11 is 3.42. The highest BCUT2D eigenvalue weighted by atomic mass is 79.9. The number of carbonyl (C=O) groups is 1. The minimum Gasteiger partial charge on any atom is -0.491 e. The number of anilines is 1. The molecular weight excluding hydrogens is 487 g/mol. The van der Waals surface area contributed by atoms with E-state index in [1.807, 2.05) is 19.9 Å². The van der Waals surface area contributed by atoms with E-state index in [4.69, 9.17) is 9.47 Å². The van der Waals surface area contributed by atoms with E-state index in [1.54, 1.807) is 60.7 Å². The number of ether oxygens (including phenoxy) is 2. The lowest BCUT2D eigenvalue weighted by Gasteiger charge is -2.11. The number of hydrogen-bond donors (Lipinski definition) is 1. The number of amides is 1. The molecule has 0 saturated heterocycles. The molecule has 0 bridgehead atoms. The van der Waals surface area contributed by atoms with Crippen LogP contribution < -0.4 is 14.8 Å². The molecule has 0 radical (unpaired) electrons. The van der Waals surface area contributed by atoms with Crippen molar-refractivity contribution < 1.29 is 18.7 Å². The third-order valence-electron chi connectivity index (χ3n) is 4.44. The van der Waals surface area contributed by atoms with Gasteiger partial charge in [0, 0.05) is 17.3 Å². The van der Waals surface area contributed by atoms with E-state index in [2.05, 4.69) is 21.2 Å². The zero-order valence-corrected chi connectivity index (χ0v) is 19.7. The smallest absolute Gasteiger partial charge is 0.266 e. The Kier molecular flexibility index (Phi) is 8.22. The Morgan fingerprint density at radius 3 is 2.64 bits per heavy atom. The second-order valence-corrected chi connectivity index (χ2v) is 8.24. The van der Waals surface area contributed by atoms with Crippen LogP contribution in [-0.2, 0) is 11.4 Å². The van der Waals surface area contributed by atoms with Crippen molar-refractivity contribution in [3.8, 4) is 17.6 Å². The standard InChI is InChI=1S/C26H22BrFN2O3/c1-17(2)33-22-8-5-7-21(14-22)30-26(31)20(15-29)12-18-10-11-25(23(27)13-18)32-16-19-6-3-4-9-24(19)28/h3-14,17H,16H2,1-2H3,(H,30,31)/b20-12-. The molecule has 3 aromatic carbocycles. The van der Waals surface area contributed by atoms with Crippen LogP contribution in [0.1, 0.15) is 25.0 Å². The first-order valence-corrected chi connectivity index (χ1v) is 11.0. The molecule has 0 aliphatic heterocycles. The predicted octanol–water partition coefficient (Wildman–Crippen LogP) is 6.50. The number of carbonyl (C=O) groups excluding carboxylic acids is 1. The largest absolute Gasteiger partial charge is 0.491 e. The zero-order chi connectivity index (χ0) is 23.8. The maximum absolute atomic E-state index is 13.8. The molecule has 0 atom stereocenters. The van der Waals surface area contributed by atoms with Crippen molar-refractivity contribution in [2.24, 2.45) is 0 Å². The summed E-state index contributed by atoms with van der Waals surface area (Å²) in [6.45, 7) is 3.90. The number of nitrogens with zero attached hydrogens (tertiary/aromatic N) is 1. The highest BCUT2D eigenvalue weighted by Gasteiger charge is 2.12. The van der Waals surface area contributed by atoms with Crippen LogP contribution in [0, 0.1) is 17.1 Å². The minimum absolute atomic E-state index is 0.00244. The van der Waals surface area contributed by atoms with Crippen LogP contribution in [0.2, 0.25) is 0 Å². The molecule has 0 fully saturated rings. The quantitative estimate of drug-likeness (QED) is 0.278. The Bertz CT molecular complexity index is 1220. The monoisotopic (exact) mass is 508 g/mol. The lowest BCUT2D eigenvalue weighted by Crippen LogP contribution is -2.13. The summed E-state index contributed by atoms with van der Waals surface area (Å²) in [4.78, 5) is 12.6. The molecule has 7 heteroatoms. The average molecular weight is 509 g/mol. The van der Waals surface area contributed by atoms with Gasteiger partial charge in [0.2, 0.25) is 0 Å². The van der Waals surface area contributed by atoms with Crippen molar-refractivity contribution in [3.05, 3.63) is 93.7 Å². The second-order valence-electron chi connectivity index (χ2n) is 7.39. The molecular formula is C26H22BrFN2O3. The van der Waals surface area contributed by atoms with Gasteiger partial charge in [0.1, 0.15) is 35.6 Å². The first-order chi connectivity index (χ1) is 15.9. The predicted molar refractivity (Wildman–Crippen MR) is 129 cm³/mol.